The fourth-order valence-electron chi connectivity index (χ4n) is 2.27. The van der Waals surface area contributed by atoms with Crippen LogP contribution < -0.4 is 10.2 Å². The Labute approximate surface area is 148 Å². The lowest BCUT2D eigenvalue weighted by molar-refractivity contribution is -0.122. The zero-order chi connectivity index (χ0) is 17.3. The molecule has 2 heterocycles. The number of hydrogen-bond acceptors (Lipinski definition) is 4. The van der Waals surface area contributed by atoms with Crippen molar-refractivity contribution in [1.82, 2.24) is 10.3 Å². The normalized spacial score (nSPS) is 16.5. The monoisotopic (exact) mass is 357 g/mol. The van der Waals surface area contributed by atoms with Crippen LogP contribution >= 0.6 is 23.8 Å². The number of carbonyl (C=O) groups excluding carboxylic acids is 2. The van der Waals surface area contributed by atoms with Crippen molar-refractivity contribution >= 4 is 52.5 Å². The van der Waals surface area contributed by atoms with Gasteiger partial charge in [0.1, 0.15) is 5.57 Å². The molecule has 1 aromatic carbocycles. The number of benzene rings is 1. The van der Waals surface area contributed by atoms with Gasteiger partial charge in [-0.2, -0.15) is 0 Å². The van der Waals surface area contributed by atoms with Gasteiger partial charge < -0.3 is 0 Å². The van der Waals surface area contributed by atoms with E-state index in [4.69, 9.17) is 23.8 Å². The summed E-state index contributed by atoms with van der Waals surface area (Å²) in [6.45, 7) is 1.83. The smallest absolute Gasteiger partial charge is 0.270 e. The highest BCUT2D eigenvalue weighted by Gasteiger charge is 2.34. The summed E-state index contributed by atoms with van der Waals surface area (Å²) in [7, 11) is 0. The van der Waals surface area contributed by atoms with E-state index >= 15 is 0 Å². The number of aromatic nitrogens is 1. The van der Waals surface area contributed by atoms with Crippen LogP contribution in [0.3, 0.4) is 0 Å². The lowest BCUT2D eigenvalue weighted by Crippen LogP contribution is -2.54. The van der Waals surface area contributed by atoms with Gasteiger partial charge in [-0.25, -0.2) is 0 Å². The fourth-order valence-corrected chi connectivity index (χ4v) is 2.68. The van der Waals surface area contributed by atoms with Crippen molar-refractivity contribution in [2.24, 2.45) is 0 Å². The molecule has 1 saturated heterocycles. The molecule has 0 radical (unpaired) electrons. The van der Waals surface area contributed by atoms with Gasteiger partial charge in [-0.3, -0.25) is 24.8 Å². The number of anilines is 1. The molecule has 2 aromatic rings. The number of hydrogen-bond donors (Lipinski definition) is 1. The van der Waals surface area contributed by atoms with Crippen LogP contribution in [0.15, 0.2) is 48.0 Å². The Kier molecular flexibility index (Phi) is 4.42. The molecule has 24 heavy (non-hydrogen) atoms. The van der Waals surface area contributed by atoms with E-state index in [1.54, 1.807) is 30.3 Å². The first kappa shape index (κ1) is 16.3. The van der Waals surface area contributed by atoms with E-state index in [0.717, 1.165) is 5.69 Å². The highest BCUT2D eigenvalue weighted by Crippen LogP contribution is 2.23. The minimum absolute atomic E-state index is 0.0293. The minimum atomic E-state index is -0.543. The second-order valence-corrected chi connectivity index (χ2v) is 5.96. The van der Waals surface area contributed by atoms with Crippen molar-refractivity contribution < 1.29 is 9.59 Å². The molecule has 0 saturated carbocycles. The number of halogens is 1. The van der Waals surface area contributed by atoms with Crippen LogP contribution in [0, 0.1) is 6.92 Å². The van der Waals surface area contributed by atoms with Gasteiger partial charge in [0.05, 0.1) is 11.4 Å². The molecule has 1 aliphatic heterocycles. The van der Waals surface area contributed by atoms with Crippen LogP contribution in [0.25, 0.3) is 6.08 Å². The second-order valence-electron chi connectivity index (χ2n) is 5.14. The maximum atomic E-state index is 12.8. The van der Waals surface area contributed by atoms with Crippen LogP contribution in [0.4, 0.5) is 5.69 Å². The molecule has 5 nitrogen and oxygen atoms in total. The predicted molar refractivity (Wildman–Crippen MR) is 96.6 cm³/mol. The van der Waals surface area contributed by atoms with Crippen LogP contribution in [0.5, 0.6) is 0 Å². The second kappa shape index (κ2) is 6.51. The molecule has 1 fully saturated rings. The van der Waals surface area contributed by atoms with Crippen molar-refractivity contribution in [3.05, 3.63) is 64.4 Å². The number of pyridine rings is 1. The van der Waals surface area contributed by atoms with E-state index in [-0.39, 0.29) is 10.7 Å². The van der Waals surface area contributed by atoms with Gasteiger partial charge >= 0.3 is 0 Å². The molecule has 0 unspecified atom stereocenters. The number of aryl methyl sites for hydroxylation is 1. The summed E-state index contributed by atoms with van der Waals surface area (Å²) in [6, 6.07) is 12.0. The third-order valence-corrected chi connectivity index (χ3v) is 3.93. The van der Waals surface area contributed by atoms with Gasteiger partial charge in [-0.1, -0.05) is 17.7 Å². The van der Waals surface area contributed by atoms with E-state index in [1.165, 1.54) is 11.0 Å². The van der Waals surface area contributed by atoms with Crippen LogP contribution in [-0.4, -0.2) is 21.9 Å². The largest absolute Gasteiger partial charge is 0.298 e. The number of nitrogens with one attached hydrogen (secondary N) is 1. The molecular weight excluding hydrogens is 346 g/mol. The number of carbonyl (C=O) groups is 2. The number of rotatable bonds is 2. The third-order valence-electron chi connectivity index (χ3n) is 3.39. The van der Waals surface area contributed by atoms with Gasteiger partial charge in [0.25, 0.3) is 11.8 Å². The van der Waals surface area contributed by atoms with Gasteiger partial charge in [0, 0.05) is 10.7 Å². The molecule has 120 valence electrons. The molecule has 0 spiro atoms. The fraction of sp³-hybridized carbons (Fsp3) is 0.0588. The third kappa shape index (κ3) is 3.20. The number of amides is 2. The number of nitrogens with zero attached hydrogens (tertiary/aromatic N) is 2. The highest BCUT2D eigenvalue weighted by atomic mass is 35.5. The SMILES string of the molecule is Cc1cccc(/C=C2/C(=O)NC(=S)N(c3ccc(Cl)cc3)C2=O)n1. The quantitative estimate of drug-likeness (QED) is 0.510. The van der Waals surface area contributed by atoms with Gasteiger partial charge in [0.15, 0.2) is 5.11 Å². The molecule has 2 amide bonds. The predicted octanol–water partition coefficient (Wildman–Crippen LogP) is 2.87. The maximum Gasteiger partial charge on any atom is 0.270 e. The van der Waals surface area contributed by atoms with E-state index in [0.29, 0.717) is 16.4 Å². The number of thiocarbonyl (C=S) groups is 1. The zero-order valence-corrected chi connectivity index (χ0v) is 14.2. The van der Waals surface area contributed by atoms with E-state index in [2.05, 4.69) is 10.3 Å². The summed E-state index contributed by atoms with van der Waals surface area (Å²) in [5.74, 6) is -1.05. The van der Waals surface area contributed by atoms with E-state index in [9.17, 15) is 9.59 Å². The standard InChI is InChI=1S/C17H12ClN3O2S/c1-10-3-2-4-12(19-10)9-14-15(22)20-17(24)21(16(14)23)13-7-5-11(18)6-8-13/h2-9H,1H3,(H,20,22,24)/b14-9-. The summed E-state index contributed by atoms with van der Waals surface area (Å²) in [6.07, 6.45) is 1.45. The first-order valence-corrected chi connectivity index (χ1v) is 7.85. The molecule has 0 bridgehead atoms. The average Bonchev–Trinajstić information content (AvgIpc) is 2.53. The highest BCUT2D eigenvalue weighted by molar-refractivity contribution is 7.80. The van der Waals surface area contributed by atoms with Crippen LogP contribution in [-0.2, 0) is 9.59 Å². The summed E-state index contributed by atoms with van der Waals surface area (Å²) in [5, 5.41) is 3.10. The lowest BCUT2D eigenvalue weighted by Gasteiger charge is -2.28. The molecule has 3 rings (SSSR count). The van der Waals surface area contributed by atoms with Crippen molar-refractivity contribution in [3.8, 4) is 0 Å². The van der Waals surface area contributed by atoms with Crippen molar-refractivity contribution in [2.45, 2.75) is 6.92 Å². The zero-order valence-electron chi connectivity index (χ0n) is 12.6. The topological polar surface area (TPSA) is 62.3 Å². The molecule has 1 aliphatic rings. The van der Waals surface area contributed by atoms with Crippen molar-refractivity contribution in [2.75, 3.05) is 4.90 Å². The Morgan fingerprint density at radius 1 is 1.17 bits per heavy atom. The molecule has 1 aromatic heterocycles. The Morgan fingerprint density at radius 3 is 2.54 bits per heavy atom. The van der Waals surface area contributed by atoms with E-state index in [1.807, 2.05) is 19.1 Å². The molecule has 7 heteroatoms. The Balaban J connectivity index is 2.01. The molecule has 0 atom stereocenters. The summed E-state index contributed by atoms with van der Waals surface area (Å²) >= 11 is 11.0. The minimum Gasteiger partial charge on any atom is -0.298 e. The van der Waals surface area contributed by atoms with Crippen LogP contribution in [0.1, 0.15) is 11.4 Å². The Bertz CT molecular complexity index is 878. The average molecular weight is 358 g/mol. The summed E-state index contributed by atoms with van der Waals surface area (Å²) < 4.78 is 0. The van der Waals surface area contributed by atoms with Crippen molar-refractivity contribution in [3.63, 3.8) is 0 Å². The molecular formula is C17H12ClN3O2S. The van der Waals surface area contributed by atoms with Gasteiger partial charge in [-0.15, -0.1) is 0 Å². The van der Waals surface area contributed by atoms with Crippen molar-refractivity contribution in [1.29, 1.82) is 0 Å². The summed E-state index contributed by atoms with van der Waals surface area (Å²) in [5.41, 5.74) is 1.81. The van der Waals surface area contributed by atoms with Crippen LogP contribution in [0.2, 0.25) is 5.02 Å². The first-order valence-electron chi connectivity index (χ1n) is 7.06. The lowest BCUT2D eigenvalue weighted by atomic mass is 10.1. The first-order chi connectivity index (χ1) is 11.5. The van der Waals surface area contributed by atoms with E-state index < -0.39 is 11.8 Å². The Hall–Kier alpha value is -2.57. The van der Waals surface area contributed by atoms with Gasteiger partial charge in [-0.05, 0) is 61.6 Å². The molecule has 1 N–H and O–H groups in total. The maximum absolute atomic E-state index is 12.8. The summed E-state index contributed by atoms with van der Waals surface area (Å²) in [4.78, 5) is 30.5. The Morgan fingerprint density at radius 2 is 1.88 bits per heavy atom. The van der Waals surface area contributed by atoms with Gasteiger partial charge in [0.2, 0.25) is 0 Å². The molecule has 0 aliphatic carbocycles.